The van der Waals surface area contributed by atoms with Crippen molar-refractivity contribution in [2.45, 2.75) is 50.5 Å². The summed E-state index contributed by atoms with van der Waals surface area (Å²) in [6.07, 6.45) is 7.78. The molecule has 1 saturated carbocycles. The normalized spacial score (nSPS) is 19.1. The van der Waals surface area contributed by atoms with Crippen molar-refractivity contribution >= 4 is 39.5 Å². The Bertz CT molecular complexity index is 2580. The number of hydrogen-bond donors (Lipinski definition) is 2. The van der Waals surface area contributed by atoms with Gasteiger partial charge in [-0.15, -0.1) is 0 Å². The summed E-state index contributed by atoms with van der Waals surface area (Å²) in [7, 11) is 0. The first-order valence-corrected chi connectivity index (χ1v) is 17.7. The molecule has 2 fully saturated rings. The van der Waals surface area contributed by atoms with Gasteiger partial charge in [0.15, 0.2) is 11.6 Å². The Morgan fingerprint density at radius 1 is 0.855 bits per heavy atom. The van der Waals surface area contributed by atoms with E-state index in [0.29, 0.717) is 69.9 Å². The summed E-state index contributed by atoms with van der Waals surface area (Å²) in [5, 5.41) is 2.99. The Balaban J connectivity index is 0.737. The van der Waals surface area contributed by atoms with Gasteiger partial charge in [0.1, 0.15) is 42.0 Å². The number of hydrogen-bond acceptors (Lipinski definition) is 9. The number of benzene rings is 2. The fourth-order valence-corrected chi connectivity index (χ4v) is 7.14. The Morgan fingerprint density at radius 2 is 1.71 bits per heavy atom. The SMILES string of the molecule is O=C1CCC(N2Cc3cc(OCC#Cc4ccc(O[C@H]5C[C@H](Oc6ccc(-c7cc8[nH]c9ccncc9c8c(F)c7F)cn6)C5)cn4)ccc3C2=O)C(=O)N1. The Morgan fingerprint density at radius 3 is 2.51 bits per heavy atom. The maximum Gasteiger partial charge on any atom is 0.255 e. The number of fused-ring (bicyclic) bond motifs is 4. The third-order valence-electron chi connectivity index (χ3n) is 10.0. The largest absolute Gasteiger partial charge is 0.489 e. The van der Waals surface area contributed by atoms with E-state index in [1.165, 1.54) is 17.3 Å². The van der Waals surface area contributed by atoms with E-state index >= 15 is 8.78 Å². The van der Waals surface area contributed by atoms with E-state index in [1.54, 1.807) is 67.0 Å². The van der Waals surface area contributed by atoms with Crippen LogP contribution in [0.15, 0.2) is 79.4 Å². The molecule has 1 atom stereocenters. The van der Waals surface area contributed by atoms with Crippen molar-refractivity contribution in [3.8, 4) is 40.3 Å². The molecule has 2 aliphatic heterocycles. The van der Waals surface area contributed by atoms with Crippen LogP contribution in [0.1, 0.15) is 47.3 Å². The van der Waals surface area contributed by atoms with Gasteiger partial charge in [-0.05, 0) is 66.4 Å². The van der Waals surface area contributed by atoms with Gasteiger partial charge < -0.3 is 24.1 Å². The molecule has 274 valence electrons. The minimum absolute atomic E-state index is 0.0644. The summed E-state index contributed by atoms with van der Waals surface area (Å²) >= 11 is 0. The summed E-state index contributed by atoms with van der Waals surface area (Å²) in [4.78, 5) is 54.0. The molecule has 1 aliphatic carbocycles. The zero-order chi connectivity index (χ0) is 37.6. The summed E-state index contributed by atoms with van der Waals surface area (Å²) < 4.78 is 48.1. The topological polar surface area (TPSA) is 149 Å². The summed E-state index contributed by atoms with van der Waals surface area (Å²) in [6.45, 7) is 0.359. The molecule has 9 rings (SSSR count). The van der Waals surface area contributed by atoms with Crippen LogP contribution in [0.2, 0.25) is 0 Å². The quantitative estimate of drug-likeness (QED) is 0.150. The highest BCUT2D eigenvalue weighted by atomic mass is 19.2. The van der Waals surface area contributed by atoms with Gasteiger partial charge in [0.05, 0.1) is 11.7 Å². The average molecular weight is 741 g/mol. The Labute approximate surface area is 311 Å². The van der Waals surface area contributed by atoms with Gasteiger partial charge in [-0.25, -0.2) is 18.7 Å². The average Bonchev–Trinajstić information content (AvgIpc) is 3.71. The lowest BCUT2D eigenvalue weighted by atomic mass is 9.92. The third kappa shape index (κ3) is 6.54. The standard InChI is InChI=1S/C41H30F2N6O6/c42-38-30(17-33-37(39(38)43)31-20-44-12-11-32(31)47-33)22-3-10-36(46-18-22)55-28-15-27(16-28)54-26-5-4-24(45-19-26)2-1-13-53-25-6-7-29-23(14-25)21-49(41(29)52)34-8-9-35(50)48-40(34)51/h3-7,10-12,14,17-20,27-28,34,47H,8-9,13,15-16,21H2,(H,48,50,51)/t27-,28-,34?. The molecule has 2 aromatic carbocycles. The smallest absolute Gasteiger partial charge is 0.255 e. The number of carbonyl (C=O) groups is 3. The number of rotatable bonds is 8. The first-order valence-electron chi connectivity index (χ1n) is 17.7. The van der Waals surface area contributed by atoms with Crippen LogP contribution in [0.4, 0.5) is 8.78 Å². The summed E-state index contributed by atoms with van der Waals surface area (Å²) in [6, 6.07) is 14.6. The fraction of sp³-hybridized carbons (Fsp3) is 0.220. The number of aromatic amines is 1. The Kier molecular flexibility index (Phi) is 8.53. The van der Waals surface area contributed by atoms with Crippen LogP contribution < -0.4 is 19.5 Å². The summed E-state index contributed by atoms with van der Waals surface area (Å²) in [5.74, 6) is 4.52. The first-order chi connectivity index (χ1) is 26.8. The number of carbonyl (C=O) groups excluding carboxylic acids is 3. The van der Waals surface area contributed by atoms with E-state index in [-0.39, 0.29) is 54.5 Å². The van der Waals surface area contributed by atoms with E-state index in [0.717, 1.165) is 5.56 Å². The van der Waals surface area contributed by atoms with Gasteiger partial charge in [0.25, 0.3) is 5.91 Å². The molecule has 14 heteroatoms. The van der Waals surface area contributed by atoms with E-state index in [4.69, 9.17) is 14.2 Å². The highest BCUT2D eigenvalue weighted by molar-refractivity contribution is 6.08. The monoisotopic (exact) mass is 740 g/mol. The van der Waals surface area contributed by atoms with Crippen LogP contribution in [0.25, 0.3) is 32.9 Å². The van der Waals surface area contributed by atoms with E-state index in [9.17, 15) is 14.4 Å². The molecular weight excluding hydrogens is 710 g/mol. The molecule has 1 unspecified atom stereocenters. The van der Waals surface area contributed by atoms with Gasteiger partial charge in [-0.3, -0.25) is 24.7 Å². The van der Waals surface area contributed by atoms with Crippen molar-refractivity contribution in [3.05, 3.63) is 108 Å². The van der Waals surface area contributed by atoms with Gasteiger partial charge in [0.2, 0.25) is 17.7 Å². The van der Waals surface area contributed by atoms with Crippen LogP contribution in [0, 0.1) is 23.5 Å². The van der Waals surface area contributed by atoms with Crippen LogP contribution in [-0.4, -0.2) is 67.4 Å². The van der Waals surface area contributed by atoms with Gasteiger partial charge >= 0.3 is 0 Å². The van der Waals surface area contributed by atoms with Crippen molar-refractivity contribution in [1.82, 2.24) is 30.2 Å². The van der Waals surface area contributed by atoms with E-state index in [2.05, 4.69) is 37.1 Å². The van der Waals surface area contributed by atoms with E-state index < -0.39 is 23.6 Å². The molecule has 0 bridgehead atoms. The molecule has 6 heterocycles. The number of aromatic nitrogens is 4. The van der Waals surface area contributed by atoms with Crippen LogP contribution in [0.3, 0.4) is 0 Å². The van der Waals surface area contributed by atoms with Gasteiger partial charge in [-0.1, -0.05) is 5.92 Å². The number of halogens is 2. The fourth-order valence-electron chi connectivity index (χ4n) is 7.14. The maximum absolute atomic E-state index is 15.2. The molecule has 12 nitrogen and oxygen atoms in total. The molecule has 3 amide bonds. The zero-order valence-electron chi connectivity index (χ0n) is 29.0. The molecular formula is C41H30F2N6O6. The number of piperidine rings is 1. The van der Waals surface area contributed by atoms with Crippen LogP contribution in [0.5, 0.6) is 17.4 Å². The molecule has 2 N–H and O–H groups in total. The van der Waals surface area contributed by atoms with Crippen LogP contribution in [-0.2, 0) is 16.1 Å². The minimum atomic E-state index is -0.953. The van der Waals surface area contributed by atoms with E-state index in [1.807, 2.05) is 0 Å². The molecule has 4 aromatic heterocycles. The lowest BCUT2D eigenvalue weighted by molar-refractivity contribution is -0.136. The van der Waals surface area contributed by atoms with Crippen molar-refractivity contribution in [2.24, 2.45) is 0 Å². The predicted octanol–water partition coefficient (Wildman–Crippen LogP) is 5.63. The molecule has 1 saturated heterocycles. The second-order valence-corrected chi connectivity index (χ2v) is 13.5. The Hall–Kier alpha value is -6.88. The molecule has 55 heavy (non-hydrogen) atoms. The molecule has 0 spiro atoms. The third-order valence-corrected chi connectivity index (χ3v) is 10.0. The second kappa shape index (κ2) is 13.8. The number of imide groups is 1. The maximum atomic E-state index is 15.2. The number of amides is 3. The van der Waals surface area contributed by atoms with Crippen LogP contribution >= 0.6 is 0 Å². The highest BCUT2D eigenvalue weighted by Crippen LogP contribution is 2.36. The highest BCUT2D eigenvalue weighted by Gasteiger charge is 2.39. The van der Waals surface area contributed by atoms with Crippen molar-refractivity contribution in [1.29, 1.82) is 0 Å². The molecule has 0 radical (unpaired) electrons. The van der Waals surface area contributed by atoms with Gasteiger partial charge in [-0.2, -0.15) is 0 Å². The number of H-pyrrole nitrogens is 1. The van der Waals surface area contributed by atoms with Crippen molar-refractivity contribution in [3.63, 3.8) is 0 Å². The second-order valence-electron chi connectivity index (χ2n) is 13.5. The van der Waals surface area contributed by atoms with Crippen molar-refractivity contribution < 1.29 is 37.4 Å². The van der Waals surface area contributed by atoms with Gasteiger partial charge in [0, 0.05) is 83.4 Å². The number of pyridine rings is 3. The number of nitrogens with one attached hydrogen (secondary N) is 2. The lowest BCUT2D eigenvalue weighted by Crippen LogP contribution is -2.52. The number of ether oxygens (including phenoxy) is 3. The number of nitrogens with zero attached hydrogens (tertiary/aromatic N) is 4. The lowest BCUT2D eigenvalue weighted by Gasteiger charge is -2.34. The zero-order valence-corrected chi connectivity index (χ0v) is 29.0. The predicted molar refractivity (Wildman–Crippen MR) is 194 cm³/mol. The molecule has 6 aromatic rings. The summed E-state index contributed by atoms with van der Waals surface area (Å²) in [5.41, 5.74) is 3.46. The minimum Gasteiger partial charge on any atom is -0.489 e. The van der Waals surface area contributed by atoms with Crippen molar-refractivity contribution in [2.75, 3.05) is 6.61 Å². The molecule has 3 aliphatic rings. The first kappa shape index (κ1) is 33.9.